The van der Waals surface area contributed by atoms with Crippen molar-refractivity contribution in [3.63, 3.8) is 0 Å². The van der Waals surface area contributed by atoms with E-state index in [4.69, 9.17) is 0 Å². The highest BCUT2D eigenvalue weighted by Gasteiger charge is 2.27. The Balaban J connectivity index is 2.37. The Morgan fingerprint density at radius 1 is 1.50 bits per heavy atom. The summed E-state index contributed by atoms with van der Waals surface area (Å²) in [5, 5.41) is 12.2. The van der Waals surface area contributed by atoms with Gasteiger partial charge in [0, 0.05) is 6.54 Å². The van der Waals surface area contributed by atoms with Gasteiger partial charge in [-0.15, -0.1) is 5.10 Å². The number of carbonyl (C=O) groups is 1. The van der Waals surface area contributed by atoms with E-state index in [-0.39, 0.29) is 6.54 Å². The summed E-state index contributed by atoms with van der Waals surface area (Å²) in [6, 6.07) is 0. The molecular weight excluding hydrogens is 251 g/mol. The summed E-state index contributed by atoms with van der Waals surface area (Å²) < 4.78 is 36.7. The Kier molecular flexibility index (Phi) is 5.08. The number of halogens is 3. The Bertz CT molecular complexity index is 390. The molecule has 0 radical (unpaired) electrons. The minimum atomic E-state index is -4.41. The van der Waals surface area contributed by atoms with Gasteiger partial charge in [0.05, 0.1) is 11.9 Å². The van der Waals surface area contributed by atoms with E-state index in [0.717, 1.165) is 6.54 Å². The zero-order valence-electron chi connectivity index (χ0n) is 9.79. The minimum Gasteiger partial charge on any atom is -0.345 e. The lowest BCUT2D eigenvalue weighted by molar-refractivity contribution is -0.138. The summed E-state index contributed by atoms with van der Waals surface area (Å²) in [5.74, 6) is -0.757. The van der Waals surface area contributed by atoms with E-state index < -0.39 is 18.6 Å². The molecular formula is C9H14F3N5O. The maximum atomic E-state index is 11.8. The first-order valence-corrected chi connectivity index (χ1v) is 5.34. The smallest absolute Gasteiger partial charge is 0.345 e. The van der Waals surface area contributed by atoms with Crippen LogP contribution in [0.4, 0.5) is 13.2 Å². The Morgan fingerprint density at radius 2 is 2.22 bits per heavy atom. The zero-order chi connectivity index (χ0) is 13.6. The van der Waals surface area contributed by atoms with E-state index in [1.807, 2.05) is 6.92 Å². The van der Waals surface area contributed by atoms with Crippen molar-refractivity contribution in [2.75, 3.05) is 13.1 Å². The van der Waals surface area contributed by atoms with E-state index in [2.05, 4.69) is 15.6 Å². The van der Waals surface area contributed by atoms with E-state index in [1.54, 1.807) is 5.32 Å². The summed E-state index contributed by atoms with van der Waals surface area (Å²) in [7, 11) is 0. The summed E-state index contributed by atoms with van der Waals surface area (Å²) in [4.78, 5) is 11.2. The largest absolute Gasteiger partial charge is 0.405 e. The Morgan fingerprint density at radius 3 is 2.83 bits per heavy atom. The second-order valence-corrected chi connectivity index (χ2v) is 3.58. The van der Waals surface area contributed by atoms with Crippen molar-refractivity contribution in [2.45, 2.75) is 26.2 Å². The minimum absolute atomic E-state index is 0.283. The van der Waals surface area contributed by atoms with E-state index in [1.165, 1.54) is 10.9 Å². The second kappa shape index (κ2) is 6.34. The molecule has 0 aliphatic rings. The molecule has 0 aromatic carbocycles. The summed E-state index contributed by atoms with van der Waals surface area (Å²) in [5.41, 5.74) is 0.625. The van der Waals surface area contributed by atoms with Crippen LogP contribution >= 0.6 is 0 Å². The van der Waals surface area contributed by atoms with Crippen molar-refractivity contribution in [3.8, 4) is 0 Å². The molecule has 1 amide bonds. The molecule has 1 rings (SSSR count). The van der Waals surface area contributed by atoms with Gasteiger partial charge in [-0.25, -0.2) is 4.68 Å². The van der Waals surface area contributed by atoms with Gasteiger partial charge in [0.1, 0.15) is 13.1 Å². The zero-order valence-corrected chi connectivity index (χ0v) is 9.79. The van der Waals surface area contributed by atoms with E-state index in [0.29, 0.717) is 12.2 Å². The molecule has 9 heteroatoms. The lowest BCUT2D eigenvalue weighted by Crippen LogP contribution is -2.35. The van der Waals surface area contributed by atoms with E-state index >= 15 is 0 Å². The Labute approximate surface area is 102 Å². The van der Waals surface area contributed by atoms with Gasteiger partial charge in [0.2, 0.25) is 5.91 Å². The monoisotopic (exact) mass is 265 g/mol. The number of hydrogen-bond donors (Lipinski definition) is 2. The molecule has 0 unspecified atom stereocenters. The second-order valence-electron chi connectivity index (χ2n) is 3.58. The molecule has 102 valence electrons. The van der Waals surface area contributed by atoms with Crippen LogP contribution in [0.15, 0.2) is 6.20 Å². The molecule has 0 bridgehead atoms. The number of alkyl halides is 3. The number of rotatable bonds is 6. The number of nitrogens with zero attached hydrogens (tertiary/aromatic N) is 3. The molecule has 1 heterocycles. The van der Waals surface area contributed by atoms with Gasteiger partial charge in [-0.05, 0) is 6.54 Å². The van der Waals surface area contributed by atoms with Gasteiger partial charge in [0.25, 0.3) is 0 Å². The van der Waals surface area contributed by atoms with Crippen LogP contribution in [0.5, 0.6) is 0 Å². The summed E-state index contributed by atoms with van der Waals surface area (Å²) in [6.45, 7) is 1.56. The molecule has 0 saturated carbocycles. The molecule has 0 aliphatic carbocycles. The first kappa shape index (κ1) is 14.4. The quantitative estimate of drug-likeness (QED) is 0.763. The normalized spacial score (nSPS) is 11.6. The third kappa shape index (κ3) is 5.62. The highest BCUT2D eigenvalue weighted by molar-refractivity contribution is 5.75. The van der Waals surface area contributed by atoms with Crippen molar-refractivity contribution in [1.82, 2.24) is 25.6 Å². The van der Waals surface area contributed by atoms with Crippen molar-refractivity contribution >= 4 is 5.91 Å². The van der Waals surface area contributed by atoms with Crippen LogP contribution in [0.2, 0.25) is 0 Å². The van der Waals surface area contributed by atoms with Gasteiger partial charge in [-0.3, -0.25) is 4.79 Å². The SMILES string of the molecule is CCNCc1cn(CC(=O)NCC(F)(F)F)nn1. The van der Waals surface area contributed by atoms with Crippen molar-refractivity contribution in [1.29, 1.82) is 0 Å². The van der Waals surface area contributed by atoms with Crippen LogP contribution in [0.1, 0.15) is 12.6 Å². The third-order valence-electron chi connectivity index (χ3n) is 1.93. The first-order valence-electron chi connectivity index (χ1n) is 5.34. The maximum absolute atomic E-state index is 11.8. The number of nitrogens with one attached hydrogen (secondary N) is 2. The number of carbonyl (C=O) groups excluding carboxylic acids is 1. The summed E-state index contributed by atoms with van der Waals surface area (Å²) in [6.07, 6.45) is -2.90. The van der Waals surface area contributed by atoms with Crippen molar-refractivity contribution < 1.29 is 18.0 Å². The number of amides is 1. The lowest BCUT2D eigenvalue weighted by atomic mass is 10.4. The Hall–Kier alpha value is -1.64. The number of aromatic nitrogens is 3. The third-order valence-corrected chi connectivity index (χ3v) is 1.93. The van der Waals surface area contributed by atoms with Crippen LogP contribution < -0.4 is 10.6 Å². The topological polar surface area (TPSA) is 71.8 Å². The van der Waals surface area contributed by atoms with Crippen LogP contribution in [0, 0.1) is 0 Å². The molecule has 0 saturated heterocycles. The average Bonchev–Trinajstić information content (AvgIpc) is 2.70. The molecule has 0 atom stereocenters. The molecule has 0 fully saturated rings. The fraction of sp³-hybridized carbons (Fsp3) is 0.667. The molecule has 1 aromatic rings. The van der Waals surface area contributed by atoms with Crippen molar-refractivity contribution in [2.24, 2.45) is 0 Å². The highest BCUT2D eigenvalue weighted by Crippen LogP contribution is 2.11. The van der Waals surface area contributed by atoms with Gasteiger partial charge in [-0.1, -0.05) is 12.1 Å². The fourth-order valence-corrected chi connectivity index (χ4v) is 1.15. The summed E-state index contributed by atoms with van der Waals surface area (Å²) >= 11 is 0. The molecule has 0 aliphatic heterocycles. The standard InChI is InChI=1S/C9H14F3N5O/c1-2-13-3-7-4-17(16-15-7)5-8(18)14-6-9(10,11)12/h4,13H,2-3,5-6H2,1H3,(H,14,18). The molecule has 1 aromatic heterocycles. The van der Waals surface area contributed by atoms with Crippen LogP contribution in [0.25, 0.3) is 0 Å². The molecule has 18 heavy (non-hydrogen) atoms. The fourth-order valence-electron chi connectivity index (χ4n) is 1.15. The average molecular weight is 265 g/mol. The molecule has 0 spiro atoms. The van der Waals surface area contributed by atoms with Crippen molar-refractivity contribution in [3.05, 3.63) is 11.9 Å². The number of hydrogen-bond acceptors (Lipinski definition) is 4. The first-order chi connectivity index (χ1) is 8.40. The van der Waals surface area contributed by atoms with Crippen LogP contribution in [-0.2, 0) is 17.9 Å². The van der Waals surface area contributed by atoms with Crippen LogP contribution in [-0.4, -0.2) is 40.2 Å². The molecule has 6 nitrogen and oxygen atoms in total. The van der Waals surface area contributed by atoms with Gasteiger partial charge < -0.3 is 10.6 Å². The lowest BCUT2D eigenvalue weighted by Gasteiger charge is -2.07. The highest BCUT2D eigenvalue weighted by atomic mass is 19.4. The predicted octanol–water partition coefficient (Wildman–Crippen LogP) is 0.0661. The predicted molar refractivity (Wildman–Crippen MR) is 56.5 cm³/mol. The van der Waals surface area contributed by atoms with Gasteiger partial charge >= 0.3 is 6.18 Å². The van der Waals surface area contributed by atoms with Crippen LogP contribution in [0.3, 0.4) is 0 Å². The van der Waals surface area contributed by atoms with Gasteiger partial charge in [-0.2, -0.15) is 13.2 Å². The van der Waals surface area contributed by atoms with Gasteiger partial charge in [0.15, 0.2) is 0 Å². The molecule has 2 N–H and O–H groups in total. The van der Waals surface area contributed by atoms with E-state index in [9.17, 15) is 18.0 Å². The maximum Gasteiger partial charge on any atom is 0.405 e.